The maximum Gasteiger partial charge on any atom is 0.201 e. The molecule has 0 aromatic heterocycles. The third-order valence-electron chi connectivity index (χ3n) is 2.95. The van der Waals surface area contributed by atoms with Crippen molar-refractivity contribution in [1.29, 1.82) is 0 Å². The van der Waals surface area contributed by atoms with Crippen LogP contribution in [-0.4, -0.2) is 42.4 Å². The Balaban J connectivity index is 1.72. The fourth-order valence-electron chi connectivity index (χ4n) is 1.87. The standard InChI is InChI=1S/C12H18O4/c1-3-5-9-10(15-9)8-14-12(6-4-2)11(7-13)16-12/h3-4,9-11,13H,1-2,5-8H2. The van der Waals surface area contributed by atoms with Crippen molar-refractivity contribution in [3.8, 4) is 0 Å². The SMILES string of the molecule is C=CCC1OC1COC1(CC=C)OC1CO. The fourth-order valence-corrected chi connectivity index (χ4v) is 1.87. The van der Waals surface area contributed by atoms with Crippen LogP contribution in [0.15, 0.2) is 25.3 Å². The summed E-state index contributed by atoms with van der Waals surface area (Å²) in [7, 11) is 0. The van der Waals surface area contributed by atoms with Gasteiger partial charge in [-0.3, -0.25) is 0 Å². The first-order valence-corrected chi connectivity index (χ1v) is 5.55. The molecular formula is C12H18O4. The van der Waals surface area contributed by atoms with Gasteiger partial charge >= 0.3 is 0 Å². The number of hydrogen-bond acceptors (Lipinski definition) is 4. The van der Waals surface area contributed by atoms with Crippen LogP contribution in [0, 0.1) is 0 Å². The summed E-state index contributed by atoms with van der Waals surface area (Å²) >= 11 is 0. The monoisotopic (exact) mass is 226 g/mol. The van der Waals surface area contributed by atoms with E-state index in [1.54, 1.807) is 6.08 Å². The van der Waals surface area contributed by atoms with Crippen molar-refractivity contribution in [1.82, 2.24) is 0 Å². The van der Waals surface area contributed by atoms with Gasteiger partial charge in [0.15, 0.2) is 0 Å². The van der Waals surface area contributed by atoms with Gasteiger partial charge in [-0.05, 0) is 6.42 Å². The molecule has 90 valence electrons. The van der Waals surface area contributed by atoms with Gasteiger partial charge in [0.1, 0.15) is 12.2 Å². The van der Waals surface area contributed by atoms with Crippen molar-refractivity contribution < 1.29 is 19.3 Å². The first-order valence-electron chi connectivity index (χ1n) is 5.55. The van der Waals surface area contributed by atoms with Gasteiger partial charge in [-0.2, -0.15) is 0 Å². The van der Waals surface area contributed by atoms with Crippen molar-refractivity contribution in [3.05, 3.63) is 25.3 Å². The largest absolute Gasteiger partial charge is 0.393 e. The highest BCUT2D eigenvalue weighted by atomic mass is 16.8. The summed E-state index contributed by atoms with van der Waals surface area (Å²) in [6.07, 6.45) is 5.19. The zero-order valence-electron chi connectivity index (χ0n) is 9.30. The van der Waals surface area contributed by atoms with Gasteiger partial charge in [-0.1, -0.05) is 12.2 Å². The molecule has 2 rings (SSSR count). The van der Waals surface area contributed by atoms with Gasteiger partial charge in [0.2, 0.25) is 5.79 Å². The minimum atomic E-state index is -0.652. The molecule has 2 heterocycles. The first kappa shape index (κ1) is 11.8. The van der Waals surface area contributed by atoms with Gasteiger partial charge in [-0.15, -0.1) is 13.2 Å². The minimum absolute atomic E-state index is 0.0184. The molecule has 0 amide bonds. The van der Waals surface area contributed by atoms with Crippen LogP contribution in [0.4, 0.5) is 0 Å². The Morgan fingerprint density at radius 1 is 1.31 bits per heavy atom. The molecular weight excluding hydrogens is 208 g/mol. The lowest BCUT2D eigenvalue weighted by Crippen LogP contribution is -2.23. The number of hydrogen-bond donors (Lipinski definition) is 1. The van der Waals surface area contributed by atoms with Crippen LogP contribution in [0.1, 0.15) is 12.8 Å². The summed E-state index contributed by atoms with van der Waals surface area (Å²) in [6.45, 7) is 7.80. The smallest absolute Gasteiger partial charge is 0.201 e. The third-order valence-corrected chi connectivity index (χ3v) is 2.95. The normalized spacial score (nSPS) is 40.4. The fraction of sp³-hybridized carbons (Fsp3) is 0.667. The number of epoxide rings is 2. The number of ether oxygens (including phenoxy) is 3. The Labute approximate surface area is 95.5 Å². The van der Waals surface area contributed by atoms with E-state index in [2.05, 4.69) is 13.2 Å². The van der Waals surface area contributed by atoms with Crippen molar-refractivity contribution in [2.75, 3.05) is 13.2 Å². The van der Waals surface area contributed by atoms with Crippen LogP contribution in [0.5, 0.6) is 0 Å². The zero-order valence-corrected chi connectivity index (χ0v) is 9.30. The summed E-state index contributed by atoms with van der Waals surface area (Å²) in [5, 5.41) is 9.00. The van der Waals surface area contributed by atoms with Crippen molar-refractivity contribution in [3.63, 3.8) is 0 Å². The summed E-state index contributed by atoms with van der Waals surface area (Å²) in [5.74, 6) is -0.652. The molecule has 2 fully saturated rings. The van der Waals surface area contributed by atoms with Gasteiger partial charge in [0.25, 0.3) is 0 Å². The van der Waals surface area contributed by atoms with Crippen LogP contribution < -0.4 is 0 Å². The molecule has 0 aromatic carbocycles. The summed E-state index contributed by atoms with van der Waals surface area (Å²) < 4.78 is 16.4. The van der Waals surface area contributed by atoms with Crippen molar-refractivity contribution in [2.24, 2.45) is 0 Å². The van der Waals surface area contributed by atoms with E-state index in [1.165, 1.54) is 0 Å². The second-order valence-corrected chi connectivity index (χ2v) is 4.14. The molecule has 0 spiro atoms. The van der Waals surface area contributed by atoms with E-state index in [0.29, 0.717) is 13.0 Å². The van der Waals surface area contributed by atoms with Crippen LogP contribution in [0.3, 0.4) is 0 Å². The maximum absolute atomic E-state index is 9.00. The first-order chi connectivity index (χ1) is 7.75. The van der Waals surface area contributed by atoms with Crippen LogP contribution in [-0.2, 0) is 14.2 Å². The molecule has 0 bridgehead atoms. The third kappa shape index (κ3) is 2.35. The molecule has 4 nitrogen and oxygen atoms in total. The second kappa shape index (κ2) is 4.67. The topological polar surface area (TPSA) is 54.5 Å². The number of aliphatic hydroxyl groups is 1. The van der Waals surface area contributed by atoms with Crippen molar-refractivity contribution in [2.45, 2.75) is 36.9 Å². The molecule has 16 heavy (non-hydrogen) atoms. The predicted octanol–water partition coefficient (Wildman–Crippen LogP) is 1.01. The van der Waals surface area contributed by atoms with Gasteiger partial charge in [-0.25, -0.2) is 0 Å². The van der Waals surface area contributed by atoms with Gasteiger partial charge in [0, 0.05) is 6.42 Å². The molecule has 0 radical (unpaired) electrons. The van der Waals surface area contributed by atoms with E-state index < -0.39 is 5.79 Å². The lowest BCUT2D eigenvalue weighted by molar-refractivity contribution is -0.0471. The molecule has 0 saturated carbocycles. The lowest BCUT2D eigenvalue weighted by Gasteiger charge is -2.10. The Morgan fingerprint density at radius 3 is 2.69 bits per heavy atom. The van der Waals surface area contributed by atoms with E-state index in [4.69, 9.17) is 19.3 Å². The predicted molar refractivity (Wildman–Crippen MR) is 58.9 cm³/mol. The van der Waals surface area contributed by atoms with E-state index in [9.17, 15) is 0 Å². The van der Waals surface area contributed by atoms with Crippen LogP contribution in [0.25, 0.3) is 0 Å². The summed E-state index contributed by atoms with van der Waals surface area (Å²) in [4.78, 5) is 0. The average molecular weight is 226 g/mol. The number of rotatable bonds is 8. The highest BCUT2D eigenvalue weighted by Gasteiger charge is 2.57. The van der Waals surface area contributed by atoms with E-state index in [0.717, 1.165) is 6.42 Å². The van der Waals surface area contributed by atoms with Crippen LogP contribution in [0.2, 0.25) is 0 Å². The van der Waals surface area contributed by atoms with Crippen molar-refractivity contribution >= 4 is 0 Å². The zero-order chi connectivity index (χ0) is 11.6. The summed E-state index contributed by atoms with van der Waals surface area (Å²) in [6, 6.07) is 0. The Kier molecular flexibility index (Phi) is 3.44. The molecule has 2 saturated heterocycles. The molecule has 0 aliphatic carbocycles. The number of aliphatic hydroxyl groups excluding tert-OH is 1. The van der Waals surface area contributed by atoms with E-state index in [-0.39, 0.29) is 24.9 Å². The molecule has 4 atom stereocenters. The molecule has 4 unspecified atom stereocenters. The highest BCUT2D eigenvalue weighted by molar-refractivity contribution is 5.00. The van der Waals surface area contributed by atoms with Gasteiger partial charge < -0.3 is 19.3 Å². The molecule has 2 aliphatic heterocycles. The Morgan fingerprint density at radius 2 is 2.12 bits per heavy atom. The molecule has 4 heteroatoms. The highest BCUT2D eigenvalue weighted by Crippen LogP contribution is 2.42. The molecule has 2 aliphatic rings. The molecule has 0 aromatic rings. The average Bonchev–Trinajstić information content (AvgIpc) is 3.14. The van der Waals surface area contributed by atoms with Gasteiger partial charge in [0.05, 0.1) is 19.3 Å². The Bertz CT molecular complexity index is 278. The molecule has 1 N–H and O–H groups in total. The second-order valence-electron chi connectivity index (χ2n) is 4.14. The van der Waals surface area contributed by atoms with Crippen LogP contribution >= 0.6 is 0 Å². The van der Waals surface area contributed by atoms with E-state index >= 15 is 0 Å². The minimum Gasteiger partial charge on any atom is -0.393 e. The quantitative estimate of drug-likeness (QED) is 0.496. The lowest BCUT2D eigenvalue weighted by atomic mass is 10.2. The maximum atomic E-state index is 9.00. The summed E-state index contributed by atoms with van der Waals surface area (Å²) in [5.41, 5.74) is 0. The Hall–Kier alpha value is -0.680. The van der Waals surface area contributed by atoms with E-state index in [1.807, 2.05) is 6.08 Å².